The van der Waals surface area contributed by atoms with Gasteiger partial charge in [-0.2, -0.15) is 0 Å². The van der Waals surface area contributed by atoms with Gasteiger partial charge in [-0.25, -0.2) is 0 Å². The molecule has 0 atom stereocenters. The van der Waals surface area contributed by atoms with Crippen LogP contribution in [0, 0.1) is 12.3 Å². The van der Waals surface area contributed by atoms with E-state index in [1.54, 1.807) is 9.80 Å². The number of rotatable bonds is 7. The number of benzene rings is 1. The first-order valence-corrected chi connectivity index (χ1v) is 10.6. The first-order valence-electron chi connectivity index (χ1n) is 10.6. The lowest BCUT2D eigenvalue weighted by Crippen LogP contribution is -2.49. The van der Waals surface area contributed by atoms with Gasteiger partial charge in [0.05, 0.1) is 6.54 Å². The minimum Gasteiger partial charge on any atom is -0.464 e. The van der Waals surface area contributed by atoms with Crippen molar-refractivity contribution in [2.24, 2.45) is 5.41 Å². The minimum absolute atomic E-state index is 0.0119. The third kappa shape index (κ3) is 5.60. The van der Waals surface area contributed by atoms with Gasteiger partial charge in [-0.05, 0) is 50.6 Å². The van der Waals surface area contributed by atoms with E-state index in [-0.39, 0.29) is 31.2 Å². The number of hydrogen-bond acceptors (Lipinski definition) is 5. The predicted octanol–water partition coefficient (Wildman–Crippen LogP) is 4.13. The van der Waals surface area contributed by atoms with E-state index in [0.717, 1.165) is 11.3 Å². The van der Waals surface area contributed by atoms with Crippen LogP contribution in [-0.4, -0.2) is 41.0 Å². The van der Waals surface area contributed by atoms with E-state index >= 15 is 0 Å². The van der Waals surface area contributed by atoms with Gasteiger partial charge in [-0.3, -0.25) is 9.59 Å². The van der Waals surface area contributed by atoms with Gasteiger partial charge in [0, 0.05) is 18.0 Å². The average molecular weight is 429 g/mol. The molecule has 0 radical (unpaired) electrons. The third-order valence-corrected chi connectivity index (χ3v) is 5.14. The zero-order valence-electron chi connectivity index (χ0n) is 19.2. The maximum atomic E-state index is 13.4. The van der Waals surface area contributed by atoms with Gasteiger partial charge in [0.25, 0.3) is 0 Å². The topological polar surface area (TPSA) is 72.2 Å². The number of aryl methyl sites for hydroxylation is 1. The molecule has 1 aliphatic heterocycles. The second-order valence-corrected chi connectivity index (χ2v) is 9.23. The van der Waals surface area contributed by atoms with Crippen molar-refractivity contribution in [2.45, 2.75) is 60.7 Å². The molecule has 0 saturated carbocycles. The molecule has 31 heavy (non-hydrogen) atoms. The predicted molar refractivity (Wildman–Crippen MR) is 117 cm³/mol. The summed E-state index contributed by atoms with van der Waals surface area (Å²) in [4.78, 5) is 29.6. The average Bonchev–Trinajstić information content (AvgIpc) is 3.32. The number of fused-ring (bicyclic) bond motifs is 1. The van der Waals surface area contributed by atoms with Crippen LogP contribution < -0.4 is 9.47 Å². The summed E-state index contributed by atoms with van der Waals surface area (Å²) in [5.41, 5.74) is 0.351. The Balaban J connectivity index is 1.82. The number of carbonyl (C=O) groups is 2. The molecule has 1 aliphatic rings. The summed E-state index contributed by atoms with van der Waals surface area (Å²) in [6, 6.07) is 9.31. The highest BCUT2D eigenvalue weighted by Gasteiger charge is 2.31. The summed E-state index contributed by atoms with van der Waals surface area (Å²) in [6.07, 6.45) is 0. The Morgan fingerprint density at radius 2 is 1.74 bits per heavy atom. The number of furan rings is 1. The molecule has 1 aromatic heterocycles. The molecule has 2 heterocycles. The Kier molecular flexibility index (Phi) is 6.62. The molecule has 7 nitrogen and oxygen atoms in total. The molecule has 2 aromatic rings. The summed E-state index contributed by atoms with van der Waals surface area (Å²) < 4.78 is 16.6. The van der Waals surface area contributed by atoms with E-state index in [0.29, 0.717) is 30.3 Å². The minimum atomic E-state index is -0.565. The molecule has 0 saturated heterocycles. The highest BCUT2D eigenvalue weighted by atomic mass is 16.7. The first-order chi connectivity index (χ1) is 14.5. The molecule has 0 aliphatic carbocycles. The summed E-state index contributed by atoms with van der Waals surface area (Å²) in [6.45, 7) is 12.2. The quantitative estimate of drug-likeness (QED) is 0.663. The van der Waals surface area contributed by atoms with Crippen LogP contribution in [0.15, 0.2) is 34.7 Å². The van der Waals surface area contributed by atoms with Crippen LogP contribution in [0.1, 0.15) is 51.7 Å². The van der Waals surface area contributed by atoms with Crippen LogP contribution in [0.4, 0.5) is 0 Å². The van der Waals surface area contributed by atoms with Gasteiger partial charge in [-0.1, -0.05) is 26.8 Å². The van der Waals surface area contributed by atoms with E-state index in [2.05, 4.69) is 0 Å². The van der Waals surface area contributed by atoms with Gasteiger partial charge in [0.2, 0.25) is 18.6 Å². The largest absolute Gasteiger partial charge is 0.464 e. The van der Waals surface area contributed by atoms with E-state index in [1.165, 1.54) is 0 Å². The molecule has 0 bridgehead atoms. The van der Waals surface area contributed by atoms with E-state index in [9.17, 15) is 9.59 Å². The van der Waals surface area contributed by atoms with Gasteiger partial charge in [-0.15, -0.1) is 0 Å². The maximum Gasteiger partial charge on any atom is 0.242 e. The SMILES string of the molecule is Cc1ccc(CN(Cc2ccc3c(c2)OCO3)C(=O)CN(C(=O)C(C)(C)C)C(C)C)o1. The molecule has 0 fully saturated rings. The Bertz CT molecular complexity index is 942. The van der Waals surface area contributed by atoms with Crippen LogP contribution in [0.2, 0.25) is 0 Å². The lowest BCUT2D eigenvalue weighted by molar-refractivity contribution is -0.147. The molecular weight excluding hydrogens is 396 g/mol. The second-order valence-electron chi connectivity index (χ2n) is 9.23. The zero-order valence-corrected chi connectivity index (χ0v) is 19.2. The second kappa shape index (κ2) is 9.04. The molecule has 3 rings (SSSR count). The van der Waals surface area contributed by atoms with Crippen molar-refractivity contribution in [3.63, 3.8) is 0 Å². The normalized spacial score (nSPS) is 12.9. The molecule has 0 unspecified atom stereocenters. The van der Waals surface area contributed by atoms with Crippen LogP contribution in [0.3, 0.4) is 0 Å². The molecule has 2 amide bonds. The van der Waals surface area contributed by atoms with Gasteiger partial charge < -0.3 is 23.7 Å². The number of nitrogens with zero attached hydrogens (tertiary/aromatic N) is 2. The molecule has 1 aromatic carbocycles. The number of amides is 2. The Morgan fingerprint density at radius 3 is 2.35 bits per heavy atom. The van der Waals surface area contributed by atoms with Crippen molar-refractivity contribution in [2.75, 3.05) is 13.3 Å². The van der Waals surface area contributed by atoms with E-state index < -0.39 is 5.41 Å². The summed E-state index contributed by atoms with van der Waals surface area (Å²) in [5.74, 6) is 2.67. The number of hydrogen-bond donors (Lipinski definition) is 0. The summed E-state index contributed by atoms with van der Waals surface area (Å²) >= 11 is 0. The van der Waals surface area contributed by atoms with Crippen LogP contribution in [0.5, 0.6) is 11.5 Å². The molecular formula is C24H32N2O5. The first kappa shape index (κ1) is 22.7. The van der Waals surface area contributed by atoms with E-state index in [1.807, 2.05) is 71.9 Å². The van der Waals surface area contributed by atoms with Gasteiger partial charge >= 0.3 is 0 Å². The van der Waals surface area contributed by atoms with Crippen molar-refractivity contribution in [1.82, 2.24) is 9.80 Å². The summed E-state index contributed by atoms with van der Waals surface area (Å²) in [7, 11) is 0. The van der Waals surface area contributed by atoms with Crippen molar-refractivity contribution < 1.29 is 23.5 Å². The lowest BCUT2D eigenvalue weighted by Gasteiger charge is -2.34. The third-order valence-electron chi connectivity index (χ3n) is 5.14. The number of ether oxygens (including phenoxy) is 2. The van der Waals surface area contributed by atoms with Gasteiger partial charge in [0.1, 0.15) is 18.1 Å². The molecule has 168 valence electrons. The highest BCUT2D eigenvalue weighted by Crippen LogP contribution is 2.33. The fourth-order valence-electron chi connectivity index (χ4n) is 3.42. The summed E-state index contributed by atoms with van der Waals surface area (Å²) in [5, 5.41) is 0. The molecule has 7 heteroatoms. The van der Waals surface area contributed by atoms with Crippen LogP contribution in [0.25, 0.3) is 0 Å². The smallest absolute Gasteiger partial charge is 0.242 e. The fraction of sp³-hybridized carbons (Fsp3) is 0.500. The molecule has 0 spiro atoms. The standard InChI is InChI=1S/C24H32N2O5/c1-16(2)26(23(28)24(4,5)6)14-22(27)25(13-19-9-7-17(3)31-19)12-18-8-10-20-21(11-18)30-15-29-20/h7-11,16H,12-15H2,1-6H3. The Labute approximate surface area is 183 Å². The maximum absolute atomic E-state index is 13.4. The molecule has 0 N–H and O–H groups in total. The van der Waals surface area contributed by atoms with Crippen molar-refractivity contribution in [3.8, 4) is 11.5 Å². The fourth-order valence-corrected chi connectivity index (χ4v) is 3.42. The monoisotopic (exact) mass is 428 g/mol. The van der Waals surface area contributed by atoms with E-state index in [4.69, 9.17) is 13.9 Å². The van der Waals surface area contributed by atoms with Crippen LogP contribution in [-0.2, 0) is 22.7 Å². The Morgan fingerprint density at radius 1 is 1.03 bits per heavy atom. The highest BCUT2D eigenvalue weighted by molar-refractivity contribution is 5.87. The van der Waals surface area contributed by atoms with Crippen molar-refractivity contribution in [1.29, 1.82) is 0 Å². The van der Waals surface area contributed by atoms with Crippen molar-refractivity contribution in [3.05, 3.63) is 47.4 Å². The zero-order chi connectivity index (χ0) is 22.8. The number of carbonyl (C=O) groups excluding carboxylic acids is 2. The Hall–Kier alpha value is -2.96. The van der Waals surface area contributed by atoms with Crippen molar-refractivity contribution >= 4 is 11.8 Å². The van der Waals surface area contributed by atoms with Gasteiger partial charge in [0.15, 0.2) is 11.5 Å². The van der Waals surface area contributed by atoms with Crippen LogP contribution >= 0.6 is 0 Å². The lowest BCUT2D eigenvalue weighted by atomic mass is 9.94.